The summed E-state index contributed by atoms with van der Waals surface area (Å²) in [5.74, 6) is -5.26. The molecule has 0 bridgehead atoms. The molecule has 1 aliphatic carbocycles. The number of nitrogens with zero attached hydrogens (tertiary/aromatic N) is 4. The quantitative estimate of drug-likeness (QED) is 0.741. The Bertz CT molecular complexity index is 998. The predicted octanol–water partition coefficient (Wildman–Crippen LogP) is 2.68. The van der Waals surface area contributed by atoms with E-state index in [1.54, 1.807) is 0 Å². The van der Waals surface area contributed by atoms with Gasteiger partial charge in [-0.3, -0.25) is 9.78 Å². The summed E-state index contributed by atoms with van der Waals surface area (Å²) in [6.07, 6.45) is -4.49. The van der Waals surface area contributed by atoms with Gasteiger partial charge in [0.2, 0.25) is 5.89 Å². The van der Waals surface area contributed by atoms with Crippen molar-refractivity contribution >= 4 is 12.0 Å². The fraction of sp³-hybridized carbons (Fsp3) is 0.471. The average molecular weight is 429 g/mol. The maximum atomic E-state index is 14.7. The minimum atomic E-state index is -3.31. The van der Waals surface area contributed by atoms with Crippen LogP contribution < -0.4 is 5.73 Å². The van der Waals surface area contributed by atoms with Gasteiger partial charge in [-0.15, -0.1) is 10.2 Å². The van der Waals surface area contributed by atoms with Crippen LogP contribution >= 0.6 is 0 Å². The summed E-state index contributed by atoms with van der Waals surface area (Å²) in [4.78, 5) is 29.0. The van der Waals surface area contributed by atoms with Crippen LogP contribution in [0.2, 0.25) is 0 Å². The second-order valence-electron chi connectivity index (χ2n) is 6.97. The lowest BCUT2D eigenvalue weighted by molar-refractivity contribution is -0.140. The van der Waals surface area contributed by atoms with E-state index in [9.17, 15) is 27.2 Å². The number of rotatable bonds is 4. The Kier molecular flexibility index (Phi) is 4.82. The molecule has 0 unspecified atom stereocenters. The normalized spacial score (nSPS) is 23.0. The van der Waals surface area contributed by atoms with E-state index in [-0.39, 0.29) is 42.1 Å². The number of primary amides is 1. The predicted molar refractivity (Wildman–Crippen MR) is 89.4 cm³/mol. The molecule has 13 heteroatoms. The van der Waals surface area contributed by atoms with Gasteiger partial charge in [-0.25, -0.2) is 13.6 Å². The molecule has 2 N–H and O–H groups in total. The van der Waals surface area contributed by atoms with Crippen LogP contribution in [-0.2, 0) is 11.3 Å². The molecule has 2 aromatic heterocycles. The van der Waals surface area contributed by atoms with Gasteiger partial charge in [0.25, 0.3) is 17.7 Å². The number of alkyl halides is 4. The zero-order valence-corrected chi connectivity index (χ0v) is 15.2. The van der Waals surface area contributed by atoms with Gasteiger partial charge in [0.1, 0.15) is 12.1 Å². The lowest BCUT2D eigenvalue weighted by atomic mass is 9.87. The summed E-state index contributed by atoms with van der Waals surface area (Å²) in [6.45, 7) is -0.237. The molecule has 1 fully saturated rings. The fourth-order valence-electron chi connectivity index (χ4n) is 3.79. The molecule has 2 aromatic rings. The van der Waals surface area contributed by atoms with Crippen molar-refractivity contribution in [2.24, 2.45) is 5.73 Å². The van der Waals surface area contributed by atoms with Crippen molar-refractivity contribution in [1.82, 2.24) is 20.1 Å². The number of carbonyl (C=O) groups is 2. The number of pyridine rings is 1. The van der Waals surface area contributed by atoms with Crippen LogP contribution in [0.1, 0.15) is 47.6 Å². The largest absolute Gasteiger partial charge is 0.444 e. The SMILES string of the molecule is NC(=O)O[C@@H]1CCCC(F)(F)[C@H]1N1Cc2ncc(-c3nnc(C(F)F)o3)cc2C1=O. The van der Waals surface area contributed by atoms with Gasteiger partial charge in [0, 0.05) is 12.6 Å². The van der Waals surface area contributed by atoms with E-state index in [1.165, 1.54) is 12.3 Å². The van der Waals surface area contributed by atoms with E-state index in [4.69, 9.17) is 14.9 Å². The molecule has 0 spiro atoms. The highest BCUT2D eigenvalue weighted by atomic mass is 19.3. The van der Waals surface area contributed by atoms with Crippen molar-refractivity contribution < 1.29 is 36.3 Å². The number of aromatic nitrogens is 3. The monoisotopic (exact) mass is 429 g/mol. The molecule has 30 heavy (non-hydrogen) atoms. The summed E-state index contributed by atoms with van der Waals surface area (Å²) in [7, 11) is 0. The van der Waals surface area contributed by atoms with Crippen molar-refractivity contribution in [3.05, 3.63) is 29.4 Å². The van der Waals surface area contributed by atoms with E-state index in [1.807, 2.05) is 0 Å². The molecule has 2 amide bonds. The minimum absolute atomic E-state index is 0.0107. The first kappa shape index (κ1) is 20.0. The van der Waals surface area contributed by atoms with Crippen LogP contribution in [0.15, 0.2) is 16.7 Å². The van der Waals surface area contributed by atoms with Crippen molar-refractivity contribution in [3.63, 3.8) is 0 Å². The number of nitrogens with two attached hydrogens (primary N) is 1. The molecule has 0 saturated heterocycles. The number of halogens is 4. The second-order valence-corrected chi connectivity index (χ2v) is 6.97. The second kappa shape index (κ2) is 7.22. The van der Waals surface area contributed by atoms with E-state index in [0.29, 0.717) is 0 Å². The molecule has 0 radical (unpaired) electrons. The number of carbonyl (C=O) groups excluding carboxylic acids is 2. The number of fused-ring (bicyclic) bond motifs is 1. The summed E-state index contributed by atoms with van der Waals surface area (Å²) in [5.41, 5.74) is 5.28. The lowest BCUT2D eigenvalue weighted by Gasteiger charge is -2.41. The summed E-state index contributed by atoms with van der Waals surface area (Å²) >= 11 is 0. The molecule has 1 saturated carbocycles. The van der Waals surface area contributed by atoms with Crippen molar-refractivity contribution in [2.75, 3.05) is 0 Å². The molecule has 2 aliphatic rings. The molecular formula is C17H15F4N5O4. The Balaban J connectivity index is 1.64. The molecule has 1 aliphatic heterocycles. The van der Waals surface area contributed by atoms with Gasteiger partial charge in [-0.1, -0.05) is 0 Å². The first-order valence-corrected chi connectivity index (χ1v) is 8.93. The first-order valence-electron chi connectivity index (χ1n) is 8.93. The van der Waals surface area contributed by atoms with Gasteiger partial charge in [-0.2, -0.15) is 8.78 Å². The Morgan fingerprint density at radius 1 is 1.37 bits per heavy atom. The maximum Gasteiger partial charge on any atom is 0.404 e. The Labute approximate surface area is 166 Å². The maximum absolute atomic E-state index is 14.7. The number of hydrogen-bond acceptors (Lipinski definition) is 7. The molecule has 2 atom stereocenters. The van der Waals surface area contributed by atoms with E-state index < -0.39 is 48.8 Å². The van der Waals surface area contributed by atoms with Gasteiger partial charge >= 0.3 is 12.5 Å². The number of amides is 2. The fourth-order valence-corrected chi connectivity index (χ4v) is 3.79. The highest BCUT2D eigenvalue weighted by Crippen LogP contribution is 2.41. The smallest absolute Gasteiger partial charge is 0.404 e. The van der Waals surface area contributed by atoms with Gasteiger partial charge in [0.05, 0.1) is 23.4 Å². The van der Waals surface area contributed by atoms with Gasteiger partial charge in [0.15, 0.2) is 0 Å². The van der Waals surface area contributed by atoms with Crippen LogP contribution in [0.4, 0.5) is 22.4 Å². The summed E-state index contributed by atoms with van der Waals surface area (Å²) < 4.78 is 64.4. The zero-order chi connectivity index (χ0) is 21.6. The topological polar surface area (TPSA) is 124 Å². The highest BCUT2D eigenvalue weighted by molar-refractivity contribution is 5.99. The Hall–Kier alpha value is -3.25. The third-order valence-corrected chi connectivity index (χ3v) is 5.04. The van der Waals surface area contributed by atoms with Crippen molar-refractivity contribution in [3.8, 4) is 11.5 Å². The third kappa shape index (κ3) is 3.44. The van der Waals surface area contributed by atoms with E-state index in [2.05, 4.69) is 15.2 Å². The first-order chi connectivity index (χ1) is 14.2. The summed E-state index contributed by atoms with van der Waals surface area (Å²) in [6, 6.07) is -0.448. The molecule has 9 nitrogen and oxygen atoms in total. The highest BCUT2D eigenvalue weighted by Gasteiger charge is 2.54. The van der Waals surface area contributed by atoms with Crippen LogP contribution in [0, 0.1) is 0 Å². The average Bonchev–Trinajstić information content (AvgIpc) is 3.26. The van der Waals surface area contributed by atoms with Crippen LogP contribution in [0.25, 0.3) is 11.5 Å². The minimum Gasteiger partial charge on any atom is -0.444 e. The Morgan fingerprint density at radius 2 is 2.13 bits per heavy atom. The van der Waals surface area contributed by atoms with Crippen LogP contribution in [0.3, 0.4) is 0 Å². The molecule has 160 valence electrons. The summed E-state index contributed by atoms with van der Waals surface area (Å²) in [5, 5.41) is 6.68. The lowest BCUT2D eigenvalue weighted by Crippen LogP contribution is -2.58. The number of ether oxygens (including phenoxy) is 1. The molecular weight excluding hydrogens is 414 g/mol. The molecule has 0 aromatic carbocycles. The zero-order valence-electron chi connectivity index (χ0n) is 15.2. The van der Waals surface area contributed by atoms with Crippen molar-refractivity contribution in [1.29, 1.82) is 0 Å². The van der Waals surface area contributed by atoms with Gasteiger partial charge < -0.3 is 19.8 Å². The molecule has 3 heterocycles. The van der Waals surface area contributed by atoms with Gasteiger partial charge in [-0.05, 0) is 18.9 Å². The van der Waals surface area contributed by atoms with Crippen molar-refractivity contribution in [2.45, 2.75) is 50.3 Å². The Morgan fingerprint density at radius 3 is 2.80 bits per heavy atom. The van der Waals surface area contributed by atoms with Crippen LogP contribution in [-0.4, -0.2) is 50.2 Å². The van der Waals surface area contributed by atoms with E-state index >= 15 is 0 Å². The number of hydrogen-bond donors (Lipinski definition) is 1. The third-order valence-electron chi connectivity index (χ3n) is 5.04. The van der Waals surface area contributed by atoms with Crippen LogP contribution in [0.5, 0.6) is 0 Å². The molecule has 4 rings (SSSR count). The standard InChI is InChI=1S/C17H15F4N5O4/c18-12(19)14-25-24-13(30-14)7-4-8-9(23-5-7)6-26(15(8)27)11-10(29-16(22)28)2-1-3-17(11,20)21/h4-5,10-12H,1-3,6H2,(H2,22,28)/t10-,11+/m1/s1. The van der Waals surface area contributed by atoms with E-state index in [0.717, 1.165) is 4.90 Å².